The van der Waals surface area contributed by atoms with E-state index >= 15 is 0 Å². The second-order valence-electron chi connectivity index (χ2n) is 5.27. The van der Waals surface area contributed by atoms with Crippen molar-refractivity contribution in [2.24, 2.45) is 0 Å². The SMILES string of the molecule is COC(=O)c1cccc(NC2CCN(C)C(C)C2)c1. The number of carbonyl (C=O) groups is 1. The number of ether oxygens (including phenoxy) is 1. The van der Waals surface area contributed by atoms with E-state index in [1.54, 1.807) is 6.07 Å². The Bertz CT molecular complexity index is 448. The highest BCUT2D eigenvalue weighted by atomic mass is 16.5. The van der Waals surface area contributed by atoms with Crippen LogP contribution < -0.4 is 5.32 Å². The van der Waals surface area contributed by atoms with Gasteiger partial charge in [0.05, 0.1) is 12.7 Å². The first-order valence-electron chi connectivity index (χ1n) is 6.75. The summed E-state index contributed by atoms with van der Waals surface area (Å²) >= 11 is 0. The van der Waals surface area contributed by atoms with E-state index in [4.69, 9.17) is 4.74 Å². The van der Waals surface area contributed by atoms with Gasteiger partial charge in [0.15, 0.2) is 0 Å². The average Bonchev–Trinajstić information content (AvgIpc) is 2.42. The van der Waals surface area contributed by atoms with Crippen LogP contribution in [0.25, 0.3) is 0 Å². The van der Waals surface area contributed by atoms with Crippen molar-refractivity contribution >= 4 is 11.7 Å². The van der Waals surface area contributed by atoms with Crippen molar-refractivity contribution in [1.29, 1.82) is 0 Å². The normalized spacial score (nSPS) is 23.9. The van der Waals surface area contributed by atoms with E-state index in [0.717, 1.165) is 25.1 Å². The Morgan fingerprint density at radius 3 is 2.95 bits per heavy atom. The minimum atomic E-state index is -0.291. The molecule has 104 valence electrons. The maximum Gasteiger partial charge on any atom is 0.337 e. The molecule has 1 saturated heterocycles. The van der Waals surface area contributed by atoms with Gasteiger partial charge in [-0.15, -0.1) is 0 Å². The minimum Gasteiger partial charge on any atom is -0.465 e. The summed E-state index contributed by atoms with van der Waals surface area (Å²) in [5, 5.41) is 3.52. The van der Waals surface area contributed by atoms with Gasteiger partial charge in [0.2, 0.25) is 0 Å². The number of nitrogens with one attached hydrogen (secondary N) is 1. The number of esters is 1. The Kier molecular flexibility index (Phi) is 4.43. The predicted molar refractivity (Wildman–Crippen MR) is 76.5 cm³/mol. The molecule has 0 aromatic heterocycles. The van der Waals surface area contributed by atoms with Crippen LogP contribution in [0.4, 0.5) is 5.69 Å². The van der Waals surface area contributed by atoms with Crippen molar-refractivity contribution in [2.45, 2.75) is 31.8 Å². The van der Waals surface area contributed by atoms with Crippen LogP contribution in [0.1, 0.15) is 30.1 Å². The van der Waals surface area contributed by atoms with Crippen LogP contribution >= 0.6 is 0 Å². The molecule has 2 unspecified atom stereocenters. The lowest BCUT2D eigenvalue weighted by atomic mass is 9.98. The maximum atomic E-state index is 11.5. The zero-order valence-electron chi connectivity index (χ0n) is 11.8. The van der Waals surface area contributed by atoms with Gasteiger partial charge in [-0.05, 0) is 45.0 Å². The molecule has 0 spiro atoms. The van der Waals surface area contributed by atoms with Gasteiger partial charge >= 0.3 is 5.97 Å². The molecule has 19 heavy (non-hydrogen) atoms. The Morgan fingerprint density at radius 1 is 1.47 bits per heavy atom. The Labute approximate surface area is 114 Å². The molecule has 1 heterocycles. The van der Waals surface area contributed by atoms with Crippen molar-refractivity contribution in [3.05, 3.63) is 29.8 Å². The molecule has 1 N–H and O–H groups in total. The summed E-state index contributed by atoms with van der Waals surface area (Å²) in [6.45, 7) is 3.36. The van der Waals surface area contributed by atoms with E-state index < -0.39 is 0 Å². The van der Waals surface area contributed by atoms with Crippen LogP contribution in [-0.2, 0) is 4.74 Å². The van der Waals surface area contributed by atoms with Gasteiger partial charge < -0.3 is 15.0 Å². The third-order valence-electron chi connectivity index (χ3n) is 3.86. The number of methoxy groups -OCH3 is 1. The topological polar surface area (TPSA) is 41.6 Å². The fraction of sp³-hybridized carbons (Fsp3) is 0.533. The highest BCUT2D eigenvalue weighted by Crippen LogP contribution is 2.20. The number of benzene rings is 1. The lowest BCUT2D eigenvalue weighted by Gasteiger charge is -2.35. The van der Waals surface area contributed by atoms with E-state index in [9.17, 15) is 4.79 Å². The Balaban J connectivity index is 2.01. The van der Waals surface area contributed by atoms with Crippen LogP contribution in [-0.4, -0.2) is 43.7 Å². The predicted octanol–water partition coefficient (Wildman–Crippen LogP) is 2.37. The molecule has 0 bridgehead atoms. The van der Waals surface area contributed by atoms with Crippen LogP contribution in [0.15, 0.2) is 24.3 Å². The Morgan fingerprint density at radius 2 is 2.26 bits per heavy atom. The van der Waals surface area contributed by atoms with E-state index in [1.165, 1.54) is 7.11 Å². The number of hydrogen-bond acceptors (Lipinski definition) is 4. The molecule has 4 nitrogen and oxygen atoms in total. The number of anilines is 1. The highest BCUT2D eigenvalue weighted by molar-refractivity contribution is 5.90. The summed E-state index contributed by atoms with van der Waals surface area (Å²) < 4.78 is 4.74. The first kappa shape index (κ1) is 13.9. The van der Waals surface area contributed by atoms with Crippen molar-refractivity contribution in [3.8, 4) is 0 Å². The molecule has 1 aliphatic rings. The maximum absolute atomic E-state index is 11.5. The molecule has 1 aromatic carbocycles. The zero-order valence-corrected chi connectivity index (χ0v) is 11.8. The average molecular weight is 262 g/mol. The molecular weight excluding hydrogens is 240 g/mol. The van der Waals surface area contributed by atoms with Crippen molar-refractivity contribution < 1.29 is 9.53 Å². The summed E-state index contributed by atoms with van der Waals surface area (Å²) in [7, 11) is 3.57. The van der Waals surface area contributed by atoms with Crippen LogP contribution in [0, 0.1) is 0 Å². The van der Waals surface area contributed by atoms with E-state index in [2.05, 4.69) is 24.2 Å². The fourth-order valence-corrected chi connectivity index (χ4v) is 2.51. The smallest absolute Gasteiger partial charge is 0.337 e. The summed E-state index contributed by atoms with van der Waals surface area (Å²) in [6, 6.07) is 8.57. The van der Waals surface area contributed by atoms with Gasteiger partial charge in [-0.2, -0.15) is 0 Å². The molecule has 0 aliphatic carbocycles. The van der Waals surface area contributed by atoms with Gasteiger partial charge in [-0.25, -0.2) is 4.79 Å². The van der Waals surface area contributed by atoms with E-state index in [0.29, 0.717) is 17.6 Å². The van der Waals surface area contributed by atoms with Gasteiger partial charge in [0.1, 0.15) is 0 Å². The highest BCUT2D eigenvalue weighted by Gasteiger charge is 2.22. The van der Waals surface area contributed by atoms with Crippen LogP contribution in [0.2, 0.25) is 0 Å². The number of nitrogens with zero attached hydrogens (tertiary/aromatic N) is 1. The first-order chi connectivity index (χ1) is 9.10. The molecule has 2 atom stereocenters. The number of likely N-dealkylation sites (tertiary alicyclic amines) is 1. The summed E-state index contributed by atoms with van der Waals surface area (Å²) in [5.41, 5.74) is 1.58. The molecule has 1 aliphatic heterocycles. The fourth-order valence-electron chi connectivity index (χ4n) is 2.51. The summed E-state index contributed by atoms with van der Waals surface area (Å²) in [5.74, 6) is -0.291. The molecule has 1 fully saturated rings. The molecule has 2 rings (SSSR count). The molecule has 0 radical (unpaired) electrons. The molecule has 0 amide bonds. The standard InChI is InChI=1S/C15H22N2O2/c1-11-9-14(7-8-17(11)2)16-13-6-4-5-12(10-13)15(18)19-3/h4-6,10-11,14,16H,7-9H2,1-3H3. The summed E-state index contributed by atoms with van der Waals surface area (Å²) in [6.07, 6.45) is 2.25. The number of rotatable bonds is 3. The summed E-state index contributed by atoms with van der Waals surface area (Å²) in [4.78, 5) is 13.9. The third kappa shape index (κ3) is 3.47. The lowest BCUT2D eigenvalue weighted by Crippen LogP contribution is -2.42. The van der Waals surface area contributed by atoms with Gasteiger partial charge in [0, 0.05) is 24.3 Å². The molecule has 1 aromatic rings. The second kappa shape index (κ2) is 6.06. The zero-order chi connectivity index (χ0) is 13.8. The monoisotopic (exact) mass is 262 g/mol. The third-order valence-corrected chi connectivity index (χ3v) is 3.86. The van der Waals surface area contributed by atoms with Gasteiger partial charge in [-0.1, -0.05) is 6.07 Å². The Hall–Kier alpha value is -1.55. The van der Waals surface area contributed by atoms with Crippen molar-refractivity contribution in [3.63, 3.8) is 0 Å². The van der Waals surface area contributed by atoms with Crippen molar-refractivity contribution in [2.75, 3.05) is 26.0 Å². The minimum absolute atomic E-state index is 0.291. The first-order valence-corrected chi connectivity index (χ1v) is 6.75. The van der Waals surface area contributed by atoms with Gasteiger partial charge in [-0.3, -0.25) is 0 Å². The molecule has 0 saturated carbocycles. The number of hydrogen-bond donors (Lipinski definition) is 1. The number of carbonyl (C=O) groups excluding carboxylic acids is 1. The quantitative estimate of drug-likeness (QED) is 0.849. The largest absolute Gasteiger partial charge is 0.465 e. The molecular formula is C15H22N2O2. The molecule has 4 heteroatoms. The van der Waals surface area contributed by atoms with Crippen LogP contribution in [0.5, 0.6) is 0 Å². The van der Waals surface area contributed by atoms with E-state index in [-0.39, 0.29) is 5.97 Å². The van der Waals surface area contributed by atoms with E-state index in [1.807, 2.05) is 18.2 Å². The van der Waals surface area contributed by atoms with Gasteiger partial charge in [0.25, 0.3) is 0 Å². The van der Waals surface area contributed by atoms with Crippen LogP contribution in [0.3, 0.4) is 0 Å². The number of piperidine rings is 1. The lowest BCUT2D eigenvalue weighted by molar-refractivity contribution is 0.0601. The van der Waals surface area contributed by atoms with Crippen molar-refractivity contribution in [1.82, 2.24) is 4.90 Å². The second-order valence-corrected chi connectivity index (χ2v) is 5.27.